The van der Waals surface area contributed by atoms with E-state index in [0.29, 0.717) is 22.0 Å². The van der Waals surface area contributed by atoms with Crippen LogP contribution in [-0.4, -0.2) is 11.8 Å². The van der Waals surface area contributed by atoms with Crippen LogP contribution in [0.25, 0.3) is 10.8 Å². The summed E-state index contributed by atoms with van der Waals surface area (Å²) in [6.07, 6.45) is 1.43. The zero-order chi connectivity index (χ0) is 19.5. The zero-order valence-corrected chi connectivity index (χ0v) is 15.4. The first-order chi connectivity index (χ1) is 13.6. The first-order valence-electron chi connectivity index (χ1n) is 8.55. The van der Waals surface area contributed by atoms with Gasteiger partial charge in [-0.2, -0.15) is 0 Å². The molecule has 0 spiro atoms. The molecule has 0 aliphatic carbocycles. The second-order valence-corrected chi connectivity index (χ2v) is 6.51. The normalized spacial score (nSPS) is 10.6. The molecule has 0 bridgehead atoms. The molecular formula is C22H15ClN2O3. The van der Waals surface area contributed by atoms with Crippen LogP contribution in [0.4, 0.5) is 11.4 Å². The number of hydrogen-bond acceptors (Lipinski definition) is 3. The molecule has 0 unspecified atom stereocenters. The molecule has 138 valence electrons. The molecule has 2 amide bonds. The second-order valence-electron chi connectivity index (χ2n) is 6.11. The predicted octanol–water partition coefficient (Wildman–Crippen LogP) is 5.59. The van der Waals surface area contributed by atoms with Crippen molar-refractivity contribution in [3.05, 3.63) is 95.4 Å². The molecule has 0 aliphatic rings. The van der Waals surface area contributed by atoms with Crippen molar-refractivity contribution in [1.29, 1.82) is 0 Å². The Bertz CT molecular complexity index is 1170. The van der Waals surface area contributed by atoms with Crippen LogP contribution in [0.5, 0.6) is 0 Å². The molecule has 6 heteroatoms. The van der Waals surface area contributed by atoms with E-state index in [2.05, 4.69) is 10.6 Å². The first-order valence-corrected chi connectivity index (χ1v) is 8.93. The maximum absolute atomic E-state index is 12.8. The highest BCUT2D eigenvalue weighted by Gasteiger charge is 2.13. The zero-order valence-electron chi connectivity index (χ0n) is 14.6. The van der Waals surface area contributed by atoms with Crippen LogP contribution in [0.15, 0.2) is 83.5 Å². The Morgan fingerprint density at radius 3 is 2.18 bits per heavy atom. The highest BCUT2D eigenvalue weighted by atomic mass is 35.5. The maximum atomic E-state index is 12.8. The fourth-order valence-corrected chi connectivity index (χ4v) is 3.18. The predicted molar refractivity (Wildman–Crippen MR) is 110 cm³/mol. The van der Waals surface area contributed by atoms with E-state index in [1.54, 1.807) is 54.6 Å². The first kappa shape index (κ1) is 17.8. The SMILES string of the molecule is O=C(Nc1cccc(NC(=O)c2cccc3c(Cl)cccc23)c1)c1ccco1. The smallest absolute Gasteiger partial charge is 0.291 e. The van der Waals surface area contributed by atoms with Crippen LogP contribution in [0.3, 0.4) is 0 Å². The van der Waals surface area contributed by atoms with E-state index in [9.17, 15) is 9.59 Å². The largest absolute Gasteiger partial charge is 0.459 e. The molecule has 28 heavy (non-hydrogen) atoms. The average Bonchev–Trinajstić information content (AvgIpc) is 3.23. The van der Waals surface area contributed by atoms with Gasteiger partial charge < -0.3 is 15.1 Å². The molecule has 3 aromatic carbocycles. The maximum Gasteiger partial charge on any atom is 0.291 e. The van der Waals surface area contributed by atoms with Gasteiger partial charge in [0.2, 0.25) is 0 Å². The van der Waals surface area contributed by atoms with Gasteiger partial charge in [0.05, 0.1) is 6.26 Å². The molecular weight excluding hydrogens is 376 g/mol. The number of anilines is 2. The lowest BCUT2D eigenvalue weighted by Gasteiger charge is -2.10. The highest BCUT2D eigenvalue weighted by molar-refractivity contribution is 6.36. The molecule has 0 saturated carbocycles. The van der Waals surface area contributed by atoms with Gasteiger partial charge in [-0.05, 0) is 47.9 Å². The third kappa shape index (κ3) is 3.61. The molecule has 5 nitrogen and oxygen atoms in total. The average molecular weight is 391 g/mol. The molecule has 0 radical (unpaired) electrons. The monoisotopic (exact) mass is 390 g/mol. The summed E-state index contributed by atoms with van der Waals surface area (Å²) in [6.45, 7) is 0. The van der Waals surface area contributed by atoms with Crippen LogP contribution in [0, 0.1) is 0 Å². The summed E-state index contributed by atoms with van der Waals surface area (Å²) in [6, 6.07) is 21.0. The highest BCUT2D eigenvalue weighted by Crippen LogP contribution is 2.27. The number of nitrogens with one attached hydrogen (secondary N) is 2. The number of carbonyl (C=O) groups excluding carboxylic acids is 2. The molecule has 0 aliphatic heterocycles. The Morgan fingerprint density at radius 1 is 0.750 bits per heavy atom. The number of halogens is 1. The van der Waals surface area contributed by atoms with Crippen LogP contribution in [0.2, 0.25) is 5.02 Å². The number of amides is 2. The summed E-state index contributed by atoms with van der Waals surface area (Å²) < 4.78 is 5.08. The van der Waals surface area contributed by atoms with Crippen molar-refractivity contribution in [3.63, 3.8) is 0 Å². The van der Waals surface area contributed by atoms with Crippen molar-refractivity contribution in [2.45, 2.75) is 0 Å². The summed E-state index contributed by atoms with van der Waals surface area (Å²) in [5, 5.41) is 7.78. The molecule has 2 N–H and O–H groups in total. The van der Waals surface area contributed by atoms with Gasteiger partial charge in [-0.1, -0.05) is 41.9 Å². The summed E-state index contributed by atoms with van der Waals surface area (Å²) in [5.74, 6) is -0.415. The van der Waals surface area contributed by atoms with E-state index < -0.39 is 0 Å². The van der Waals surface area contributed by atoms with E-state index in [0.717, 1.165) is 10.8 Å². The fraction of sp³-hybridized carbons (Fsp3) is 0. The third-order valence-electron chi connectivity index (χ3n) is 4.24. The van der Waals surface area contributed by atoms with Crippen molar-refractivity contribution in [3.8, 4) is 0 Å². The summed E-state index contributed by atoms with van der Waals surface area (Å²) in [7, 11) is 0. The molecule has 4 aromatic rings. The number of rotatable bonds is 4. The standard InChI is InChI=1S/C22H15ClN2O3/c23-19-10-3-7-16-17(19)8-2-9-18(16)21(26)24-14-5-1-6-15(13-14)25-22(27)20-11-4-12-28-20/h1-13H,(H,24,26)(H,25,27). The molecule has 1 heterocycles. The topological polar surface area (TPSA) is 71.3 Å². The Kier molecular flexibility index (Phi) is 4.83. The van der Waals surface area contributed by atoms with Crippen molar-refractivity contribution < 1.29 is 14.0 Å². The van der Waals surface area contributed by atoms with Gasteiger partial charge in [0.25, 0.3) is 11.8 Å². The molecule has 4 rings (SSSR count). The van der Waals surface area contributed by atoms with E-state index in [4.69, 9.17) is 16.0 Å². The molecule has 0 saturated heterocycles. The van der Waals surface area contributed by atoms with Crippen LogP contribution in [-0.2, 0) is 0 Å². The van der Waals surface area contributed by atoms with Gasteiger partial charge in [-0.25, -0.2) is 0 Å². The van der Waals surface area contributed by atoms with Gasteiger partial charge in [-0.15, -0.1) is 0 Å². The number of fused-ring (bicyclic) bond motifs is 1. The molecule has 1 aromatic heterocycles. The summed E-state index contributed by atoms with van der Waals surface area (Å²) in [5.41, 5.74) is 1.62. The van der Waals surface area contributed by atoms with Crippen LogP contribution >= 0.6 is 11.6 Å². The number of benzene rings is 3. The van der Waals surface area contributed by atoms with Gasteiger partial charge in [0, 0.05) is 27.3 Å². The van der Waals surface area contributed by atoms with Crippen molar-refractivity contribution in [1.82, 2.24) is 0 Å². The molecule has 0 fully saturated rings. The fourth-order valence-electron chi connectivity index (χ4n) is 2.94. The van der Waals surface area contributed by atoms with E-state index in [1.165, 1.54) is 6.26 Å². The lowest BCUT2D eigenvalue weighted by Crippen LogP contribution is -2.14. The Balaban J connectivity index is 1.56. The van der Waals surface area contributed by atoms with Gasteiger partial charge in [0.1, 0.15) is 0 Å². The second kappa shape index (κ2) is 7.58. The quantitative estimate of drug-likeness (QED) is 0.477. The Hall–Kier alpha value is -3.57. The van der Waals surface area contributed by atoms with E-state index in [1.807, 2.05) is 18.2 Å². The van der Waals surface area contributed by atoms with Crippen LogP contribution < -0.4 is 10.6 Å². The number of hydrogen-bond donors (Lipinski definition) is 2. The van der Waals surface area contributed by atoms with Crippen molar-refractivity contribution in [2.24, 2.45) is 0 Å². The minimum Gasteiger partial charge on any atom is -0.459 e. The van der Waals surface area contributed by atoms with Crippen LogP contribution in [0.1, 0.15) is 20.9 Å². The number of carbonyl (C=O) groups is 2. The minimum atomic E-state index is -0.364. The van der Waals surface area contributed by atoms with Crippen molar-refractivity contribution in [2.75, 3.05) is 10.6 Å². The Labute approximate surface area is 165 Å². The van der Waals surface area contributed by atoms with Gasteiger partial charge in [0.15, 0.2) is 5.76 Å². The lowest BCUT2D eigenvalue weighted by molar-refractivity contribution is 0.0995. The van der Waals surface area contributed by atoms with Gasteiger partial charge >= 0.3 is 0 Å². The summed E-state index contributed by atoms with van der Waals surface area (Å²) in [4.78, 5) is 24.9. The third-order valence-corrected chi connectivity index (χ3v) is 4.57. The Morgan fingerprint density at radius 2 is 1.43 bits per heavy atom. The minimum absolute atomic E-state index is 0.210. The van der Waals surface area contributed by atoms with E-state index >= 15 is 0 Å². The van der Waals surface area contributed by atoms with Crippen molar-refractivity contribution >= 4 is 45.6 Å². The molecule has 0 atom stereocenters. The lowest BCUT2D eigenvalue weighted by atomic mass is 10.0. The number of furan rings is 1. The van der Waals surface area contributed by atoms with Gasteiger partial charge in [-0.3, -0.25) is 9.59 Å². The van der Waals surface area contributed by atoms with E-state index in [-0.39, 0.29) is 17.6 Å². The summed E-state index contributed by atoms with van der Waals surface area (Å²) >= 11 is 6.23.